The van der Waals surface area contributed by atoms with Crippen LogP contribution in [-0.2, 0) is 24.7 Å². The van der Waals surface area contributed by atoms with Gasteiger partial charge in [0.25, 0.3) is 0 Å². The maximum atomic E-state index is 15.0. The molecule has 0 unspecified atom stereocenters. The molecular formula is C32H37F6N3O5. The minimum absolute atomic E-state index is 0.0560. The minimum Gasteiger partial charge on any atom is -0.494 e. The number of aromatic nitrogens is 1. The summed E-state index contributed by atoms with van der Waals surface area (Å²) in [4.78, 5) is 42.4. The van der Waals surface area contributed by atoms with Crippen LogP contribution >= 0.6 is 0 Å². The van der Waals surface area contributed by atoms with E-state index in [1.165, 1.54) is 24.4 Å². The molecule has 1 aliphatic rings. The Kier molecular flexibility index (Phi) is 11.2. The molecule has 46 heavy (non-hydrogen) atoms. The molecule has 14 heteroatoms. The van der Waals surface area contributed by atoms with Gasteiger partial charge in [-0.25, -0.2) is 0 Å². The maximum Gasteiger partial charge on any atom is 0.416 e. The summed E-state index contributed by atoms with van der Waals surface area (Å²) < 4.78 is 92.6. The van der Waals surface area contributed by atoms with Gasteiger partial charge in [0.15, 0.2) is 5.54 Å². The van der Waals surface area contributed by atoms with E-state index in [4.69, 9.17) is 9.47 Å². The van der Waals surface area contributed by atoms with E-state index < -0.39 is 67.1 Å². The van der Waals surface area contributed by atoms with Crippen molar-refractivity contribution in [3.8, 4) is 5.75 Å². The SMILES string of the molecule is CC(C)c1ccc(C2=C(CNC(=O)CC(=O)OC(C)(C)C)C(=O)N[C@@](c3ccc(OCCCC(F)(F)F)cc3)(C(F)(F)F)C2)nc1. The molecule has 0 aliphatic carbocycles. The first-order chi connectivity index (χ1) is 21.2. The summed E-state index contributed by atoms with van der Waals surface area (Å²) in [6.07, 6.45) is -10.7. The number of pyridine rings is 1. The zero-order valence-electron chi connectivity index (χ0n) is 26.1. The van der Waals surface area contributed by atoms with Crippen LogP contribution in [0, 0.1) is 0 Å². The number of nitrogens with zero attached hydrogens (tertiary/aromatic N) is 1. The number of ether oxygens (including phenoxy) is 2. The molecule has 8 nitrogen and oxygen atoms in total. The number of nitrogens with one attached hydrogen (secondary N) is 2. The van der Waals surface area contributed by atoms with Gasteiger partial charge in [-0.1, -0.05) is 32.0 Å². The average molecular weight is 658 g/mol. The van der Waals surface area contributed by atoms with Crippen molar-refractivity contribution in [2.24, 2.45) is 0 Å². The van der Waals surface area contributed by atoms with E-state index in [9.17, 15) is 40.7 Å². The van der Waals surface area contributed by atoms with E-state index in [0.29, 0.717) is 0 Å². The third kappa shape index (κ3) is 9.70. The lowest BCUT2D eigenvalue weighted by molar-refractivity contribution is -0.201. The smallest absolute Gasteiger partial charge is 0.416 e. The van der Waals surface area contributed by atoms with Crippen LogP contribution in [-0.4, -0.2) is 53.9 Å². The average Bonchev–Trinajstić information content (AvgIpc) is 2.92. The molecular weight excluding hydrogens is 620 g/mol. The molecule has 3 rings (SSSR count). The van der Waals surface area contributed by atoms with E-state index in [2.05, 4.69) is 15.6 Å². The highest BCUT2D eigenvalue weighted by molar-refractivity contribution is 6.05. The first kappa shape index (κ1) is 36.4. The van der Waals surface area contributed by atoms with Crippen LogP contribution in [0.2, 0.25) is 0 Å². The zero-order valence-corrected chi connectivity index (χ0v) is 26.1. The normalized spacial score (nSPS) is 17.5. The number of amides is 2. The first-order valence-electron chi connectivity index (χ1n) is 14.6. The third-order valence-electron chi connectivity index (χ3n) is 7.06. The fourth-order valence-corrected chi connectivity index (χ4v) is 4.75. The molecule has 0 radical (unpaired) electrons. The second-order valence-electron chi connectivity index (χ2n) is 12.3. The van der Waals surface area contributed by atoms with Gasteiger partial charge in [-0.3, -0.25) is 19.4 Å². The third-order valence-corrected chi connectivity index (χ3v) is 7.06. The van der Waals surface area contributed by atoms with Crippen LogP contribution in [0.15, 0.2) is 48.2 Å². The van der Waals surface area contributed by atoms with Crippen molar-refractivity contribution >= 4 is 23.4 Å². The molecule has 1 aromatic heterocycles. The van der Waals surface area contributed by atoms with Crippen molar-refractivity contribution in [1.82, 2.24) is 15.6 Å². The van der Waals surface area contributed by atoms with Gasteiger partial charge in [0, 0.05) is 31.2 Å². The van der Waals surface area contributed by atoms with Crippen LogP contribution < -0.4 is 15.4 Å². The highest BCUT2D eigenvalue weighted by Gasteiger charge is 2.59. The van der Waals surface area contributed by atoms with Gasteiger partial charge in [0.2, 0.25) is 11.8 Å². The Morgan fingerprint density at radius 3 is 2.20 bits per heavy atom. The fourth-order valence-electron chi connectivity index (χ4n) is 4.75. The van der Waals surface area contributed by atoms with Crippen molar-refractivity contribution in [1.29, 1.82) is 0 Å². The quantitative estimate of drug-likeness (QED) is 0.124. The Morgan fingerprint density at radius 1 is 1.02 bits per heavy atom. The van der Waals surface area contributed by atoms with E-state index in [0.717, 1.165) is 17.7 Å². The Labute approximate surface area is 262 Å². The van der Waals surface area contributed by atoms with Crippen LogP contribution in [0.5, 0.6) is 5.75 Å². The minimum atomic E-state index is -5.02. The van der Waals surface area contributed by atoms with Crippen molar-refractivity contribution < 1.29 is 50.2 Å². The molecule has 0 saturated carbocycles. The lowest BCUT2D eigenvalue weighted by atomic mass is 9.77. The van der Waals surface area contributed by atoms with Crippen LogP contribution in [0.1, 0.15) is 83.0 Å². The number of alkyl halides is 6. The molecule has 0 fully saturated rings. The Bertz CT molecular complexity index is 1430. The highest BCUT2D eigenvalue weighted by Crippen LogP contribution is 2.48. The summed E-state index contributed by atoms with van der Waals surface area (Å²) in [6.45, 7) is 7.90. The molecule has 0 bridgehead atoms. The number of benzene rings is 1. The van der Waals surface area contributed by atoms with Gasteiger partial charge < -0.3 is 20.1 Å². The summed E-state index contributed by atoms with van der Waals surface area (Å²) in [5.74, 6) is -2.60. The molecule has 1 atom stereocenters. The zero-order chi connectivity index (χ0) is 34.5. The summed E-state index contributed by atoms with van der Waals surface area (Å²) in [5.41, 5.74) is -3.45. The molecule has 2 aromatic rings. The molecule has 1 aliphatic heterocycles. The topological polar surface area (TPSA) is 107 Å². The van der Waals surface area contributed by atoms with Gasteiger partial charge in [0.1, 0.15) is 17.8 Å². The van der Waals surface area contributed by atoms with E-state index in [1.54, 1.807) is 26.8 Å². The summed E-state index contributed by atoms with van der Waals surface area (Å²) in [5, 5.41) is 4.51. The molecule has 2 amide bonds. The molecule has 0 spiro atoms. The Balaban J connectivity index is 1.96. The van der Waals surface area contributed by atoms with Gasteiger partial charge in [-0.2, -0.15) is 26.3 Å². The van der Waals surface area contributed by atoms with Gasteiger partial charge in [-0.05, 0) is 68.0 Å². The molecule has 2 heterocycles. The number of hydrogen-bond donors (Lipinski definition) is 2. The van der Waals surface area contributed by atoms with Gasteiger partial charge in [0.05, 0.1) is 12.3 Å². The Morgan fingerprint density at radius 2 is 1.67 bits per heavy atom. The summed E-state index contributed by atoms with van der Waals surface area (Å²) in [7, 11) is 0. The predicted molar refractivity (Wildman–Crippen MR) is 156 cm³/mol. The molecule has 252 valence electrons. The number of halogens is 6. The number of carbonyl (C=O) groups excluding carboxylic acids is 3. The van der Waals surface area contributed by atoms with Gasteiger partial charge >= 0.3 is 18.3 Å². The van der Waals surface area contributed by atoms with Crippen molar-refractivity contribution in [3.05, 3.63) is 65.0 Å². The van der Waals surface area contributed by atoms with Crippen molar-refractivity contribution in [3.63, 3.8) is 0 Å². The lowest BCUT2D eigenvalue weighted by Gasteiger charge is -2.41. The largest absolute Gasteiger partial charge is 0.494 e. The highest BCUT2D eigenvalue weighted by atomic mass is 19.4. The number of esters is 1. The Hall–Kier alpha value is -4.10. The predicted octanol–water partition coefficient (Wildman–Crippen LogP) is 6.51. The number of rotatable bonds is 11. The molecule has 0 saturated heterocycles. The van der Waals surface area contributed by atoms with Crippen molar-refractivity contribution in [2.45, 2.75) is 89.7 Å². The molecule has 1 aromatic carbocycles. The molecule has 2 N–H and O–H groups in total. The first-order valence-corrected chi connectivity index (χ1v) is 14.6. The monoisotopic (exact) mass is 657 g/mol. The van der Waals surface area contributed by atoms with Crippen molar-refractivity contribution in [2.75, 3.05) is 13.2 Å². The maximum absolute atomic E-state index is 15.0. The van der Waals surface area contributed by atoms with Crippen LogP contribution in [0.25, 0.3) is 5.57 Å². The lowest BCUT2D eigenvalue weighted by Crippen LogP contribution is -2.59. The van der Waals surface area contributed by atoms with E-state index in [-0.39, 0.29) is 47.1 Å². The number of carbonyl (C=O) groups is 3. The van der Waals surface area contributed by atoms with Crippen LogP contribution in [0.3, 0.4) is 0 Å². The van der Waals surface area contributed by atoms with E-state index >= 15 is 0 Å². The van der Waals surface area contributed by atoms with Crippen LogP contribution in [0.4, 0.5) is 26.3 Å². The van der Waals surface area contributed by atoms with Gasteiger partial charge in [-0.15, -0.1) is 0 Å². The number of hydrogen-bond acceptors (Lipinski definition) is 6. The summed E-state index contributed by atoms with van der Waals surface area (Å²) in [6, 6.07) is 7.75. The fraction of sp³-hybridized carbons (Fsp3) is 0.500. The standard InChI is InChI=1S/C32H37F6N3O5/c1-19(2)20-7-12-25(39-17-20)23-16-30(32(36,37)38,21-8-10-22(11-9-21)45-14-6-13-31(33,34)35)41-28(44)24(23)18-40-26(42)15-27(43)46-29(3,4)5/h7-12,17,19H,6,13-16,18H2,1-5H3,(H,40,42)(H,41,44)/t30-/m0/s1. The second kappa shape index (κ2) is 14.1. The van der Waals surface area contributed by atoms with E-state index in [1.807, 2.05) is 13.8 Å². The second-order valence-corrected chi connectivity index (χ2v) is 12.3. The summed E-state index contributed by atoms with van der Waals surface area (Å²) >= 11 is 0.